The molecule has 2 atom stereocenters. The van der Waals surface area contributed by atoms with E-state index < -0.39 is 29.5 Å². The number of hydrogen-bond donors (Lipinski definition) is 0. The number of nitrogens with zero attached hydrogens (tertiary/aromatic N) is 5. The third-order valence-electron chi connectivity index (χ3n) is 6.49. The van der Waals surface area contributed by atoms with Crippen molar-refractivity contribution in [3.8, 4) is 11.3 Å². The number of halogens is 2. The Labute approximate surface area is 210 Å². The molecule has 2 unspecified atom stereocenters. The van der Waals surface area contributed by atoms with Gasteiger partial charge in [-0.25, -0.2) is 13.8 Å². The Morgan fingerprint density at radius 2 is 1.89 bits per heavy atom. The molecule has 2 aromatic carbocycles. The number of carbonyl (C=O) groups excluding carboxylic acids is 2. The van der Waals surface area contributed by atoms with Crippen LogP contribution in [0.1, 0.15) is 39.1 Å². The van der Waals surface area contributed by atoms with Gasteiger partial charge in [-0.3, -0.25) is 19.1 Å². The van der Waals surface area contributed by atoms with Gasteiger partial charge < -0.3 is 9.42 Å². The van der Waals surface area contributed by atoms with Gasteiger partial charge in [-0.1, -0.05) is 29.4 Å². The van der Waals surface area contributed by atoms with Gasteiger partial charge in [-0.05, 0) is 28.8 Å². The van der Waals surface area contributed by atoms with E-state index in [0.29, 0.717) is 11.6 Å². The third kappa shape index (κ3) is 4.38. The highest BCUT2D eigenvalue weighted by Crippen LogP contribution is 2.41. The monoisotopic (exact) mass is 507 g/mol. The van der Waals surface area contributed by atoms with Crippen molar-refractivity contribution in [1.82, 2.24) is 24.9 Å². The summed E-state index contributed by atoms with van der Waals surface area (Å²) < 4.78 is 34.6. The van der Waals surface area contributed by atoms with E-state index in [1.165, 1.54) is 31.2 Å². The Morgan fingerprint density at radius 3 is 2.57 bits per heavy atom. The van der Waals surface area contributed by atoms with Crippen LogP contribution in [-0.2, 0) is 16.7 Å². The normalized spacial score (nSPS) is 16.9. The van der Waals surface area contributed by atoms with Crippen molar-refractivity contribution in [2.75, 3.05) is 20.7 Å². The van der Waals surface area contributed by atoms with Crippen molar-refractivity contribution < 1.29 is 27.7 Å². The highest BCUT2D eigenvalue weighted by molar-refractivity contribution is 5.97. The maximum Gasteiger partial charge on any atom is 0.277 e. The fourth-order valence-corrected chi connectivity index (χ4v) is 4.62. The van der Waals surface area contributed by atoms with Gasteiger partial charge in [0.05, 0.1) is 18.9 Å². The van der Waals surface area contributed by atoms with Gasteiger partial charge in [0.15, 0.2) is 11.5 Å². The van der Waals surface area contributed by atoms with Crippen LogP contribution in [0.4, 0.5) is 8.78 Å². The maximum atomic E-state index is 14.3. The minimum absolute atomic E-state index is 0.0426. The van der Waals surface area contributed by atoms with Crippen LogP contribution in [0, 0.1) is 11.6 Å². The maximum absolute atomic E-state index is 14.3. The number of aromatic nitrogens is 3. The molecule has 1 aliphatic heterocycles. The Bertz CT molecular complexity index is 1480. The number of hydrogen-bond acceptors (Lipinski definition) is 6. The summed E-state index contributed by atoms with van der Waals surface area (Å²) in [5, 5.41) is 9.18. The van der Waals surface area contributed by atoms with E-state index in [1.54, 1.807) is 30.1 Å². The molecule has 0 radical (unpaired) electrons. The molecule has 37 heavy (non-hydrogen) atoms. The van der Waals surface area contributed by atoms with E-state index in [0.717, 1.165) is 22.3 Å². The summed E-state index contributed by atoms with van der Waals surface area (Å²) in [5.74, 6) is -2.96. The largest absolute Gasteiger partial charge is 0.355 e. The van der Waals surface area contributed by atoms with Gasteiger partial charge in [0.2, 0.25) is 0 Å². The summed E-state index contributed by atoms with van der Waals surface area (Å²) in [6.07, 6.45) is 3.58. The first kappa shape index (κ1) is 24.3. The second-order valence-electron chi connectivity index (χ2n) is 8.71. The number of benzene rings is 2. The molecule has 3 heterocycles. The molecule has 0 saturated carbocycles. The zero-order chi connectivity index (χ0) is 26.3. The molecule has 0 spiro atoms. The number of carbonyl (C=O) groups is 2. The van der Waals surface area contributed by atoms with Crippen LogP contribution in [0.2, 0.25) is 0 Å². The molecular weight excluding hydrogens is 484 g/mol. The topological polar surface area (TPSA) is 93.7 Å². The standard InChI is InChI=1S/C26H23F2N5O4/c1-31-13-15(12-29-31)20-14-33(24(26(35)32(2)36-3)18-7-5-4-6-17(18)20)25(34)22-11-23(37-30-22)19-9-8-16(27)10-21(19)28/h4-13,20,24H,14H2,1-3H3. The lowest BCUT2D eigenvalue weighted by Crippen LogP contribution is -2.48. The molecule has 5 rings (SSSR count). The van der Waals surface area contributed by atoms with Crippen molar-refractivity contribution in [2.45, 2.75) is 12.0 Å². The second kappa shape index (κ2) is 9.58. The SMILES string of the molecule is CON(C)C(=O)C1c2ccccc2C(c2cnn(C)c2)CN1C(=O)c1cc(-c2ccc(F)cc2F)on1. The third-order valence-corrected chi connectivity index (χ3v) is 6.49. The molecule has 0 saturated heterocycles. The summed E-state index contributed by atoms with van der Waals surface area (Å²) in [5.41, 5.74) is 2.22. The summed E-state index contributed by atoms with van der Waals surface area (Å²) in [6.45, 7) is 0.141. The van der Waals surface area contributed by atoms with Crippen LogP contribution >= 0.6 is 0 Å². The number of aryl methyl sites for hydroxylation is 1. The molecule has 4 aromatic rings. The van der Waals surface area contributed by atoms with E-state index in [4.69, 9.17) is 9.36 Å². The van der Waals surface area contributed by atoms with Crippen LogP contribution < -0.4 is 0 Å². The van der Waals surface area contributed by atoms with Crippen LogP contribution in [0.3, 0.4) is 0 Å². The van der Waals surface area contributed by atoms with Crippen LogP contribution in [0.15, 0.2) is 65.4 Å². The Morgan fingerprint density at radius 1 is 1.14 bits per heavy atom. The number of rotatable bonds is 5. The van der Waals surface area contributed by atoms with Gasteiger partial charge in [0, 0.05) is 44.9 Å². The molecule has 2 aromatic heterocycles. The molecule has 1 aliphatic rings. The molecule has 11 heteroatoms. The first-order valence-electron chi connectivity index (χ1n) is 11.4. The summed E-state index contributed by atoms with van der Waals surface area (Å²) in [6, 6.07) is 10.7. The van der Waals surface area contributed by atoms with Crippen LogP contribution in [0.25, 0.3) is 11.3 Å². The van der Waals surface area contributed by atoms with E-state index in [-0.39, 0.29) is 29.5 Å². The fraction of sp³-hybridized carbons (Fsp3) is 0.231. The number of fused-ring (bicyclic) bond motifs is 1. The summed E-state index contributed by atoms with van der Waals surface area (Å²) >= 11 is 0. The van der Waals surface area contributed by atoms with Gasteiger partial charge in [-0.15, -0.1) is 0 Å². The van der Waals surface area contributed by atoms with Crippen molar-refractivity contribution in [3.63, 3.8) is 0 Å². The predicted octanol–water partition coefficient (Wildman–Crippen LogP) is 3.70. The van der Waals surface area contributed by atoms with Crippen molar-refractivity contribution in [2.24, 2.45) is 7.05 Å². The lowest BCUT2D eigenvalue weighted by atomic mass is 9.81. The zero-order valence-corrected chi connectivity index (χ0v) is 20.3. The number of hydroxylamine groups is 2. The first-order valence-corrected chi connectivity index (χ1v) is 11.4. The Hall–Kier alpha value is -4.38. The van der Waals surface area contributed by atoms with E-state index in [9.17, 15) is 18.4 Å². The second-order valence-corrected chi connectivity index (χ2v) is 8.71. The van der Waals surface area contributed by atoms with Crippen LogP contribution in [0.5, 0.6) is 0 Å². The van der Waals surface area contributed by atoms with Gasteiger partial charge in [-0.2, -0.15) is 5.10 Å². The van der Waals surface area contributed by atoms with Crippen molar-refractivity contribution in [3.05, 3.63) is 94.9 Å². The molecule has 0 N–H and O–H groups in total. The number of likely N-dealkylation sites (N-methyl/N-ethyl adjacent to an activating group) is 1. The predicted molar refractivity (Wildman–Crippen MR) is 127 cm³/mol. The average Bonchev–Trinajstić information content (AvgIpc) is 3.56. The lowest BCUT2D eigenvalue weighted by Gasteiger charge is -2.40. The molecule has 0 fully saturated rings. The highest BCUT2D eigenvalue weighted by Gasteiger charge is 2.43. The smallest absolute Gasteiger partial charge is 0.277 e. The molecule has 0 bridgehead atoms. The van der Waals surface area contributed by atoms with E-state index in [2.05, 4.69) is 10.3 Å². The molecule has 190 valence electrons. The van der Waals surface area contributed by atoms with Gasteiger partial charge >= 0.3 is 0 Å². The number of amides is 2. The minimum Gasteiger partial charge on any atom is -0.355 e. The Kier molecular flexibility index (Phi) is 6.30. The lowest BCUT2D eigenvalue weighted by molar-refractivity contribution is -0.174. The average molecular weight is 507 g/mol. The fourth-order valence-electron chi connectivity index (χ4n) is 4.62. The minimum atomic E-state index is -1.01. The molecule has 0 aliphatic carbocycles. The zero-order valence-electron chi connectivity index (χ0n) is 20.3. The Balaban J connectivity index is 1.58. The van der Waals surface area contributed by atoms with E-state index >= 15 is 0 Å². The van der Waals surface area contributed by atoms with Crippen LogP contribution in [-0.4, -0.2) is 57.4 Å². The van der Waals surface area contributed by atoms with Crippen molar-refractivity contribution in [1.29, 1.82) is 0 Å². The van der Waals surface area contributed by atoms with Gasteiger partial charge in [0.25, 0.3) is 11.8 Å². The van der Waals surface area contributed by atoms with Crippen molar-refractivity contribution >= 4 is 11.8 Å². The highest BCUT2D eigenvalue weighted by atomic mass is 19.1. The molecular formula is C26H23F2N5O4. The first-order chi connectivity index (χ1) is 17.8. The summed E-state index contributed by atoms with van der Waals surface area (Å²) in [4.78, 5) is 33.8. The van der Waals surface area contributed by atoms with E-state index in [1.807, 2.05) is 18.3 Å². The quantitative estimate of drug-likeness (QED) is 0.383. The molecule has 2 amide bonds. The van der Waals surface area contributed by atoms with Gasteiger partial charge in [0.1, 0.15) is 17.7 Å². The molecule has 9 nitrogen and oxygen atoms in total. The summed E-state index contributed by atoms with van der Waals surface area (Å²) in [7, 11) is 4.62.